The van der Waals surface area contributed by atoms with Gasteiger partial charge in [0.1, 0.15) is 0 Å². The lowest BCUT2D eigenvalue weighted by Gasteiger charge is -2.22. The van der Waals surface area contributed by atoms with Crippen molar-refractivity contribution in [2.45, 2.75) is 45.4 Å². The summed E-state index contributed by atoms with van der Waals surface area (Å²) in [7, 11) is 0. The van der Waals surface area contributed by atoms with Crippen molar-refractivity contribution in [1.82, 2.24) is 10.6 Å². The molecule has 20 heavy (non-hydrogen) atoms. The van der Waals surface area contributed by atoms with Gasteiger partial charge in [0.25, 0.3) is 0 Å². The fourth-order valence-electron chi connectivity index (χ4n) is 2.46. The van der Waals surface area contributed by atoms with E-state index in [1.165, 1.54) is 6.42 Å². The third-order valence-electron chi connectivity index (χ3n) is 3.66. The van der Waals surface area contributed by atoms with Crippen molar-refractivity contribution in [1.29, 1.82) is 0 Å². The molecule has 0 radical (unpaired) electrons. The Morgan fingerprint density at radius 1 is 1.35 bits per heavy atom. The minimum absolute atomic E-state index is 0.0252. The molecule has 1 aliphatic heterocycles. The van der Waals surface area contributed by atoms with E-state index in [-0.39, 0.29) is 11.9 Å². The van der Waals surface area contributed by atoms with E-state index >= 15 is 0 Å². The van der Waals surface area contributed by atoms with Gasteiger partial charge in [-0.15, -0.1) is 0 Å². The first-order valence-corrected chi connectivity index (χ1v) is 7.47. The number of hydrogen-bond acceptors (Lipinski definition) is 3. The lowest BCUT2D eigenvalue weighted by atomic mass is 10.0. The van der Waals surface area contributed by atoms with Gasteiger partial charge in [-0.2, -0.15) is 0 Å². The number of hydrogen-bond donors (Lipinski definition) is 2. The van der Waals surface area contributed by atoms with Crippen LogP contribution < -0.4 is 10.6 Å². The Morgan fingerprint density at radius 3 is 2.85 bits per heavy atom. The second-order valence-electron chi connectivity index (χ2n) is 5.13. The first-order valence-electron chi connectivity index (χ1n) is 7.47. The van der Waals surface area contributed by atoms with Gasteiger partial charge in [-0.05, 0) is 37.4 Å². The molecule has 1 fully saturated rings. The predicted molar refractivity (Wildman–Crippen MR) is 79.3 cm³/mol. The van der Waals surface area contributed by atoms with Crippen LogP contribution in [-0.4, -0.2) is 25.1 Å². The van der Waals surface area contributed by atoms with Crippen molar-refractivity contribution in [3.8, 4) is 0 Å². The Balaban J connectivity index is 1.87. The summed E-state index contributed by atoms with van der Waals surface area (Å²) < 4.78 is 5.46. The molecule has 1 amide bonds. The number of nitrogens with one attached hydrogen (secondary N) is 2. The fraction of sp³-hybridized carbons (Fsp3) is 0.562. The standard InChI is InChI=1S/C16H24N2O2/c1-2-20-12-14-8-4-3-7-13(14)11-18-16(19)15-9-5-6-10-17-15/h3-4,7-8,15,17H,2,5-6,9-12H2,1H3,(H,18,19)/t15-/m0/s1. The Morgan fingerprint density at radius 2 is 2.15 bits per heavy atom. The van der Waals surface area contributed by atoms with Gasteiger partial charge < -0.3 is 15.4 Å². The lowest BCUT2D eigenvalue weighted by Crippen LogP contribution is -2.46. The minimum Gasteiger partial charge on any atom is -0.377 e. The molecule has 110 valence electrons. The molecule has 1 aromatic rings. The summed E-state index contributed by atoms with van der Waals surface area (Å²) >= 11 is 0. The fourth-order valence-corrected chi connectivity index (χ4v) is 2.46. The summed E-state index contributed by atoms with van der Waals surface area (Å²) in [6, 6.07) is 8.07. The lowest BCUT2D eigenvalue weighted by molar-refractivity contribution is -0.123. The summed E-state index contributed by atoms with van der Waals surface area (Å²) in [5.41, 5.74) is 2.27. The summed E-state index contributed by atoms with van der Waals surface area (Å²) in [5, 5.41) is 6.30. The van der Waals surface area contributed by atoms with Crippen molar-refractivity contribution in [2.75, 3.05) is 13.2 Å². The molecule has 0 aromatic heterocycles. The number of carbonyl (C=O) groups is 1. The van der Waals surface area contributed by atoms with Gasteiger partial charge >= 0.3 is 0 Å². The van der Waals surface area contributed by atoms with Gasteiger partial charge in [-0.3, -0.25) is 4.79 Å². The third kappa shape index (κ3) is 4.32. The molecule has 2 rings (SSSR count). The molecule has 1 saturated heterocycles. The molecule has 1 aromatic carbocycles. The molecular formula is C16H24N2O2. The van der Waals surface area contributed by atoms with Crippen LogP contribution in [0.5, 0.6) is 0 Å². The molecule has 0 aliphatic carbocycles. The van der Waals surface area contributed by atoms with Crippen molar-refractivity contribution in [3.05, 3.63) is 35.4 Å². The average molecular weight is 276 g/mol. The Kier molecular flexibility index (Phi) is 6.02. The van der Waals surface area contributed by atoms with Gasteiger partial charge in [0.15, 0.2) is 0 Å². The first-order chi connectivity index (χ1) is 9.81. The van der Waals surface area contributed by atoms with Crippen LogP contribution in [0.25, 0.3) is 0 Å². The zero-order valence-corrected chi connectivity index (χ0v) is 12.2. The normalized spacial score (nSPS) is 18.8. The van der Waals surface area contributed by atoms with Crippen molar-refractivity contribution < 1.29 is 9.53 Å². The predicted octanol–water partition coefficient (Wildman–Crippen LogP) is 1.98. The maximum atomic E-state index is 12.1. The quantitative estimate of drug-likeness (QED) is 0.835. The molecular weight excluding hydrogens is 252 g/mol. The average Bonchev–Trinajstić information content (AvgIpc) is 2.52. The molecule has 1 heterocycles. The molecule has 2 N–H and O–H groups in total. The molecule has 0 bridgehead atoms. The minimum atomic E-state index is -0.0252. The van der Waals surface area contributed by atoms with Crippen LogP contribution in [0.15, 0.2) is 24.3 Å². The van der Waals surface area contributed by atoms with Crippen LogP contribution in [-0.2, 0) is 22.7 Å². The molecule has 1 atom stereocenters. The number of amides is 1. The summed E-state index contributed by atoms with van der Waals surface area (Å²) in [6.07, 6.45) is 3.24. The second-order valence-corrected chi connectivity index (χ2v) is 5.13. The van der Waals surface area contributed by atoms with E-state index < -0.39 is 0 Å². The van der Waals surface area contributed by atoms with Crippen LogP contribution in [0.2, 0.25) is 0 Å². The van der Waals surface area contributed by atoms with Gasteiger partial charge in [0.2, 0.25) is 5.91 Å². The smallest absolute Gasteiger partial charge is 0.237 e. The van der Waals surface area contributed by atoms with E-state index in [1.807, 2.05) is 25.1 Å². The highest BCUT2D eigenvalue weighted by Crippen LogP contribution is 2.11. The summed E-state index contributed by atoms with van der Waals surface area (Å²) in [6.45, 7) is 4.80. The highest BCUT2D eigenvalue weighted by atomic mass is 16.5. The zero-order valence-electron chi connectivity index (χ0n) is 12.2. The van der Waals surface area contributed by atoms with E-state index in [9.17, 15) is 4.79 Å². The Bertz CT molecular complexity index is 428. The van der Waals surface area contributed by atoms with Crippen molar-refractivity contribution in [2.24, 2.45) is 0 Å². The van der Waals surface area contributed by atoms with Crippen LogP contribution in [0.4, 0.5) is 0 Å². The Hall–Kier alpha value is -1.39. The van der Waals surface area contributed by atoms with Gasteiger partial charge in [-0.1, -0.05) is 30.7 Å². The van der Waals surface area contributed by atoms with Gasteiger partial charge in [0.05, 0.1) is 12.6 Å². The molecule has 4 nitrogen and oxygen atoms in total. The van der Waals surface area contributed by atoms with E-state index in [1.54, 1.807) is 0 Å². The molecule has 0 spiro atoms. The molecule has 1 aliphatic rings. The molecule has 0 saturated carbocycles. The van der Waals surface area contributed by atoms with Crippen LogP contribution in [0.3, 0.4) is 0 Å². The third-order valence-corrected chi connectivity index (χ3v) is 3.66. The zero-order chi connectivity index (χ0) is 14.2. The number of ether oxygens (including phenoxy) is 1. The van der Waals surface area contributed by atoms with Gasteiger partial charge in [0, 0.05) is 13.2 Å². The van der Waals surface area contributed by atoms with Crippen LogP contribution in [0.1, 0.15) is 37.3 Å². The first kappa shape index (κ1) is 15.0. The van der Waals surface area contributed by atoms with E-state index in [0.717, 1.165) is 30.5 Å². The van der Waals surface area contributed by atoms with Crippen LogP contribution in [0, 0.1) is 0 Å². The second kappa shape index (κ2) is 8.02. The maximum Gasteiger partial charge on any atom is 0.237 e. The number of benzene rings is 1. The highest BCUT2D eigenvalue weighted by molar-refractivity contribution is 5.81. The van der Waals surface area contributed by atoms with Crippen molar-refractivity contribution in [3.63, 3.8) is 0 Å². The number of piperidine rings is 1. The highest BCUT2D eigenvalue weighted by Gasteiger charge is 2.20. The number of carbonyl (C=O) groups excluding carboxylic acids is 1. The topological polar surface area (TPSA) is 50.4 Å². The summed E-state index contributed by atoms with van der Waals surface area (Å²) in [4.78, 5) is 12.1. The SMILES string of the molecule is CCOCc1ccccc1CNC(=O)[C@@H]1CCCCN1. The van der Waals surface area contributed by atoms with E-state index in [2.05, 4.69) is 16.7 Å². The molecule has 4 heteroatoms. The van der Waals surface area contributed by atoms with E-state index in [4.69, 9.17) is 4.74 Å². The largest absolute Gasteiger partial charge is 0.377 e. The Labute approximate surface area is 120 Å². The summed E-state index contributed by atoms with van der Waals surface area (Å²) in [5.74, 6) is 0.107. The monoisotopic (exact) mass is 276 g/mol. The molecule has 0 unspecified atom stereocenters. The van der Waals surface area contributed by atoms with Gasteiger partial charge in [-0.25, -0.2) is 0 Å². The maximum absolute atomic E-state index is 12.1. The van der Waals surface area contributed by atoms with Crippen LogP contribution >= 0.6 is 0 Å². The van der Waals surface area contributed by atoms with E-state index in [0.29, 0.717) is 19.8 Å². The van der Waals surface area contributed by atoms with Crippen molar-refractivity contribution >= 4 is 5.91 Å². The number of rotatable bonds is 6.